The van der Waals surface area contributed by atoms with Gasteiger partial charge in [0.1, 0.15) is 11.9 Å². The summed E-state index contributed by atoms with van der Waals surface area (Å²) in [6, 6.07) is 10.1. The molecule has 2 rings (SSSR count). The van der Waals surface area contributed by atoms with E-state index in [1.54, 1.807) is 0 Å². The molecule has 0 spiro atoms. The fourth-order valence-electron chi connectivity index (χ4n) is 2.58. The number of benzene rings is 1. The van der Waals surface area contributed by atoms with E-state index in [0.717, 1.165) is 5.75 Å². The minimum Gasteiger partial charge on any atom is -0.490 e. The van der Waals surface area contributed by atoms with E-state index in [1.165, 1.54) is 6.42 Å². The predicted molar refractivity (Wildman–Crippen MR) is 58.4 cm³/mol. The molecule has 1 aliphatic rings. The van der Waals surface area contributed by atoms with Crippen LogP contribution in [0.2, 0.25) is 0 Å². The van der Waals surface area contributed by atoms with Crippen LogP contribution in [0.5, 0.6) is 5.75 Å². The Hall–Kier alpha value is -0.980. The molecule has 0 aromatic heterocycles. The fraction of sp³-hybridized carbons (Fsp3) is 0.538. The van der Waals surface area contributed by atoms with Gasteiger partial charge in [-0.3, -0.25) is 0 Å². The van der Waals surface area contributed by atoms with E-state index in [9.17, 15) is 0 Å². The van der Waals surface area contributed by atoms with Gasteiger partial charge in [0.2, 0.25) is 0 Å². The lowest BCUT2D eigenvalue weighted by molar-refractivity contribution is -0.0717. The predicted octanol–water partition coefficient (Wildman–Crippen LogP) is 3.50. The highest BCUT2D eigenvalue weighted by Crippen LogP contribution is 2.46. The molecule has 1 nitrogen and oxygen atoms in total. The van der Waals surface area contributed by atoms with Gasteiger partial charge in [-0.25, -0.2) is 0 Å². The second-order valence-corrected chi connectivity index (χ2v) is 5.02. The SMILES string of the molecule is C[C@H]1CC(C)(C)[C@H]1Oc1ccccc1. The Bertz CT molecular complexity index is 302. The number of hydrogen-bond acceptors (Lipinski definition) is 1. The molecule has 0 radical (unpaired) electrons. The standard InChI is InChI=1S/C13H18O/c1-10-9-13(2,3)12(10)14-11-7-5-4-6-8-11/h4-8,10,12H,9H2,1-3H3/t10-,12-/m0/s1. The summed E-state index contributed by atoms with van der Waals surface area (Å²) in [5.41, 5.74) is 0.343. The van der Waals surface area contributed by atoms with Gasteiger partial charge in [-0.15, -0.1) is 0 Å². The van der Waals surface area contributed by atoms with Crippen LogP contribution in [0.15, 0.2) is 30.3 Å². The molecule has 1 aromatic carbocycles. The van der Waals surface area contributed by atoms with E-state index in [-0.39, 0.29) is 0 Å². The zero-order valence-electron chi connectivity index (χ0n) is 9.16. The lowest BCUT2D eigenvalue weighted by Gasteiger charge is -2.49. The van der Waals surface area contributed by atoms with Crippen LogP contribution in [0.25, 0.3) is 0 Å². The Morgan fingerprint density at radius 2 is 1.86 bits per heavy atom. The van der Waals surface area contributed by atoms with E-state index in [1.807, 2.05) is 30.3 Å². The van der Waals surface area contributed by atoms with Crippen molar-refractivity contribution in [2.45, 2.75) is 33.3 Å². The zero-order chi connectivity index (χ0) is 10.2. The molecule has 1 heteroatoms. The van der Waals surface area contributed by atoms with Crippen molar-refractivity contribution < 1.29 is 4.74 Å². The molecule has 1 aliphatic carbocycles. The molecule has 1 aromatic rings. The number of para-hydroxylation sites is 1. The maximum absolute atomic E-state index is 5.98. The van der Waals surface area contributed by atoms with Crippen molar-refractivity contribution >= 4 is 0 Å². The van der Waals surface area contributed by atoms with E-state index < -0.39 is 0 Å². The Morgan fingerprint density at radius 1 is 1.21 bits per heavy atom. The van der Waals surface area contributed by atoms with E-state index in [4.69, 9.17) is 4.74 Å². The van der Waals surface area contributed by atoms with Crippen LogP contribution in [-0.4, -0.2) is 6.10 Å². The normalized spacial score (nSPS) is 29.4. The second kappa shape index (κ2) is 3.30. The molecule has 0 heterocycles. The summed E-state index contributed by atoms with van der Waals surface area (Å²) in [5, 5.41) is 0. The molecule has 1 fully saturated rings. The lowest BCUT2D eigenvalue weighted by Crippen LogP contribution is -2.51. The van der Waals surface area contributed by atoms with Crippen LogP contribution in [-0.2, 0) is 0 Å². The summed E-state index contributed by atoms with van der Waals surface area (Å²) in [5.74, 6) is 1.68. The van der Waals surface area contributed by atoms with Gasteiger partial charge in [-0.2, -0.15) is 0 Å². The summed E-state index contributed by atoms with van der Waals surface area (Å²) >= 11 is 0. The summed E-state index contributed by atoms with van der Waals surface area (Å²) in [4.78, 5) is 0. The highest BCUT2D eigenvalue weighted by atomic mass is 16.5. The topological polar surface area (TPSA) is 9.23 Å². The molecule has 0 aliphatic heterocycles. The van der Waals surface area contributed by atoms with Gasteiger partial charge in [0.05, 0.1) is 0 Å². The number of hydrogen-bond donors (Lipinski definition) is 0. The molecule has 0 amide bonds. The highest BCUT2D eigenvalue weighted by molar-refractivity contribution is 5.22. The van der Waals surface area contributed by atoms with Gasteiger partial charge < -0.3 is 4.74 Å². The maximum Gasteiger partial charge on any atom is 0.119 e. The maximum atomic E-state index is 5.98. The second-order valence-electron chi connectivity index (χ2n) is 5.02. The molecule has 0 unspecified atom stereocenters. The average Bonchev–Trinajstić information content (AvgIpc) is 2.15. The molecule has 0 N–H and O–H groups in total. The van der Waals surface area contributed by atoms with Crippen molar-refractivity contribution in [3.8, 4) is 5.75 Å². The summed E-state index contributed by atoms with van der Waals surface area (Å²) in [6.45, 7) is 6.82. The van der Waals surface area contributed by atoms with Crippen molar-refractivity contribution in [3.63, 3.8) is 0 Å². The summed E-state index contributed by atoms with van der Waals surface area (Å²) in [7, 11) is 0. The quantitative estimate of drug-likeness (QED) is 0.693. The number of rotatable bonds is 2. The average molecular weight is 190 g/mol. The van der Waals surface area contributed by atoms with Gasteiger partial charge in [-0.1, -0.05) is 39.0 Å². The molecular formula is C13H18O. The Labute approximate surface area is 86.1 Å². The van der Waals surface area contributed by atoms with E-state index in [0.29, 0.717) is 17.4 Å². The van der Waals surface area contributed by atoms with Gasteiger partial charge in [-0.05, 0) is 24.5 Å². The summed E-state index contributed by atoms with van der Waals surface area (Å²) in [6.07, 6.45) is 1.65. The highest BCUT2D eigenvalue weighted by Gasteiger charge is 2.46. The first kappa shape index (κ1) is 9.57. The van der Waals surface area contributed by atoms with E-state index >= 15 is 0 Å². The van der Waals surface area contributed by atoms with Crippen molar-refractivity contribution in [3.05, 3.63) is 30.3 Å². The fourth-order valence-corrected chi connectivity index (χ4v) is 2.58. The third-order valence-electron chi connectivity index (χ3n) is 3.14. The first-order valence-electron chi connectivity index (χ1n) is 5.31. The van der Waals surface area contributed by atoms with Crippen LogP contribution in [0, 0.1) is 11.3 Å². The van der Waals surface area contributed by atoms with Crippen LogP contribution in [0.4, 0.5) is 0 Å². The molecular weight excluding hydrogens is 172 g/mol. The molecule has 1 saturated carbocycles. The Morgan fingerprint density at radius 3 is 2.36 bits per heavy atom. The van der Waals surface area contributed by atoms with Crippen molar-refractivity contribution in [2.75, 3.05) is 0 Å². The summed E-state index contributed by atoms with van der Waals surface area (Å²) < 4.78 is 5.98. The smallest absolute Gasteiger partial charge is 0.119 e. The largest absolute Gasteiger partial charge is 0.490 e. The monoisotopic (exact) mass is 190 g/mol. The van der Waals surface area contributed by atoms with Gasteiger partial charge >= 0.3 is 0 Å². The lowest BCUT2D eigenvalue weighted by atomic mass is 9.62. The van der Waals surface area contributed by atoms with Crippen molar-refractivity contribution in [2.24, 2.45) is 11.3 Å². The van der Waals surface area contributed by atoms with Gasteiger partial charge in [0.15, 0.2) is 0 Å². The van der Waals surface area contributed by atoms with Gasteiger partial charge in [0, 0.05) is 5.41 Å². The third-order valence-corrected chi connectivity index (χ3v) is 3.14. The molecule has 0 bridgehead atoms. The number of ether oxygens (including phenoxy) is 1. The zero-order valence-corrected chi connectivity index (χ0v) is 9.16. The first-order valence-corrected chi connectivity index (χ1v) is 5.31. The molecule has 2 atom stereocenters. The van der Waals surface area contributed by atoms with E-state index in [2.05, 4.69) is 20.8 Å². The Kier molecular flexibility index (Phi) is 2.26. The Balaban J connectivity index is 2.05. The molecule has 76 valence electrons. The van der Waals surface area contributed by atoms with Crippen LogP contribution >= 0.6 is 0 Å². The van der Waals surface area contributed by atoms with Crippen molar-refractivity contribution in [1.29, 1.82) is 0 Å². The van der Waals surface area contributed by atoms with Crippen LogP contribution in [0.3, 0.4) is 0 Å². The molecule has 14 heavy (non-hydrogen) atoms. The minimum atomic E-state index is 0.343. The third kappa shape index (κ3) is 1.63. The van der Waals surface area contributed by atoms with Crippen LogP contribution < -0.4 is 4.74 Å². The van der Waals surface area contributed by atoms with Gasteiger partial charge in [0.25, 0.3) is 0 Å². The molecule has 0 saturated heterocycles. The first-order chi connectivity index (χ1) is 6.59. The minimum absolute atomic E-state index is 0.343. The van der Waals surface area contributed by atoms with Crippen molar-refractivity contribution in [1.82, 2.24) is 0 Å². The van der Waals surface area contributed by atoms with Crippen LogP contribution in [0.1, 0.15) is 27.2 Å².